The minimum atomic E-state index is -0.432. The highest BCUT2D eigenvalue weighted by Crippen LogP contribution is 2.29. The van der Waals surface area contributed by atoms with Crippen molar-refractivity contribution in [3.63, 3.8) is 0 Å². The number of carbonyl (C=O) groups is 2. The van der Waals surface area contributed by atoms with Gasteiger partial charge in [-0.2, -0.15) is 5.26 Å². The Morgan fingerprint density at radius 2 is 1.86 bits per heavy atom. The van der Waals surface area contributed by atoms with Gasteiger partial charge in [-0.25, -0.2) is 0 Å². The quantitative estimate of drug-likeness (QED) is 0.759. The van der Waals surface area contributed by atoms with E-state index in [4.69, 9.17) is 0 Å². The maximum Gasteiger partial charge on any atom is 0.270 e. The standard InChI is InChI=1S/C20H21N5O3.H3N/c1-23-16-5-3-2-4-13(16)18(14(12-21)19(23)27)24-8-10-25(11-9-24)20(28)15-6-7-17(26)22-15;/h2-5,15H,6-11H2,1H3,(H,22,26);1H3. The van der Waals surface area contributed by atoms with Crippen LogP contribution >= 0.6 is 0 Å². The third-order valence-electron chi connectivity index (χ3n) is 5.59. The average molecular weight is 396 g/mol. The van der Waals surface area contributed by atoms with Gasteiger partial charge in [-0.05, 0) is 12.5 Å². The van der Waals surface area contributed by atoms with E-state index in [0.717, 1.165) is 10.9 Å². The minimum absolute atomic E-state index is 0. The van der Waals surface area contributed by atoms with Crippen LogP contribution in [0.4, 0.5) is 5.69 Å². The normalized spacial score (nSPS) is 18.9. The second kappa shape index (κ2) is 7.93. The number of carbonyl (C=O) groups excluding carboxylic acids is 2. The van der Waals surface area contributed by atoms with Crippen LogP contribution in [0.2, 0.25) is 0 Å². The number of nitrogens with zero attached hydrogens (tertiary/aromatic N) is 4. The topological polar surface area (TPSA) is 133 Å². The van der Waals surface area contributed by atoms with Gasteiger partial charge < -0.3 is 25.8 Å². The number of anilines is 1. The predicted molar refractivity (Wildman–Crippen MR) is 109 cm³/mol. The van der Waals surface area contributed by atoms with E-state index >= 15 is 0 Å². The Bertz CT molecular complexity index is 1060. The number of para-hydroxylation sites is 1. The second-order valence-electron chi connectivity index (χ2n) is 7.19. The zero-order valence-corrected chi connectivity index (χ0v) is 16.4. The van der Waals surface area contributed by atoms with Crippen molar-refractivity contribution in [1.82, 2.24) is 20.9 Å². The molecule has 4 N–H and O–H groups in total. The molecule has 3 heterocycles. The molecule has 0 spiro atoms. The van der Waals surface area contributed by atoms with Gasteiger partial charge in [0, 0.05) is 45.0 Å². The number of aromatic nitrogens is 1. The molecule has 1 unspecified atom stereocenters. The number of benzene rings is 1. The third-order valence-corrected chi connectivity index (χ3v) is 5.59. The Morgan fingerprint density at radius 1 is 1.17 bits per heavy atom. The minimum Gasteiger partial charge on any atom is -0.366 e. The first-order chi connectivity index (χ1) is 13.5. The van der Waals surface area contributed by atoms with Crippen LogP contribution in [0.3, 0.4) is 0 Å². The second-order valence-corrected chi connectivity index (χ2v) is 7.19. The summed E-state index contributed by atoms with van der Waals surface area (Å²) >= 11 is 0. The zero-order valence-electron chi connectivity index (χ0n) is 16.4. The van der Waals surface area contributed by atoms with E-state index in [1.807, 2.05) is 29.2 Å². The van der Waals surface area contributed by atoms with Crippen molar-refractivity contribution >= 4 is 28.4 Å². The molecule has 2 fully saturated rings. The number of aryl methyl sites for hydroxylation is 1. The number of rotatable bonds is 2. The van der Waals surface area contributed by atoms with Crippen LogP contribution in [0.25, 0.3) is 10.9 Å². The van der Waals surface area contributed by atoms with Gasteiger partial charge in [0.2, 0.25) is 11.8 Å². The molecule has 0 saturated carbocycles. The lowest BCUT2D eigenvalue weighted by Gasteiger charge is -2.37. The Hall–Kier alpha value is -3.38. The van der Waals surface area contributed by atoms with Crippen molar-refractivity contribution < 1.29 is 9.59 Å². The highest BCUT2D eigenvalue weighted by Gasteiger charge is 2.33. The molecule has 9 heteroatoms. The molecule has 1 atom stereocenters. The van der Waals surface area contributed by atoms with Crippen LogP contribution in [0.15, 0.2) is 29.1 Å². The van der Waals surface area contributed by atoms with Crippen LogP contribution in [-0.4, -0.2) is 53.5 Å². The number of hydrogen-bond donors (Lipinski definition) is 2. The fraction of sp³-hybridized carbons (Fsp3) is 0.400. The van der Waals surface area contributed by atoms with Gasteiger partial charge in [0.15, 0.2) is 0 Å². The predicted octanol–water partition coefficient (Wildman–Crippen LogP) is 0.499. The lowest BCUT2D eigenvalue weighted by Crippen LogP contribution is -2.53. The summed E-state index contributed by atoms with van der Waals surface area (Å²) in [7, 11) is 1.67. The lowest BCUT2D eigenvalue weighted by atomic mass is 10.1. The fourth-order valence-corrected chi connectivity index (χ4v) is 4.08. The van der Waals surface area contributed by atoms with Crippen molar-refractivity contribution in [2.24, 2.45) is 7.05 Å². The number of nitrogens with one attached hydrogen (secondary N) is 1. The molecule has 2 aliphatic rings. The number of nitriles is 1. The first kappa shape index (κ1) is 20.4. The van der Waals surface area contributed by atoms with Gasteiger partial charge in [-0.1, -0.05) is 18.2 Å². The van der Waals surface area contributed by atoms with E-state index in [1.165, 1.54) is 4.57 Å². The summed E-state index contributed by atoms with van der Waals surface area (Å²) in [5.74, 6) is -0.137. The number of piperazine rings is 1. The number of fused-ring (bicyclic) bond motifs is 1. The van der Waals surface area contributed by atoms with Gasteiger partial charge in [-0.15, -0.1) is 0 Å². The van der Waals surface area contributed by atoms with Crippen molar-refractivity contribution in [1.29, 1.82) is 5.26 Å². The van der Waals surface area contributed by atoms with Gasteiger partial charge in [-0.3, -0.25) is 14.4 Å². The van der Waals surface area contributed by atoms with E-state index in [2.05, 4.69) is 11.4 Å². The van der Waals surface area contributed by atoms with Crippen LogP contribution in [0.1, 0.15) is 18.4 Å². The van der Waals surface area contributed by atoms with E-state index in [0.29, 0.717) is 44.7 Å². The van der Waals surface area contributed by atoms with Crippen LogP contribution in [0.5, 0.6) is 0 Å². The largest absolute Gasteiger partial charge is 0.366 e. The first-order valence-electron chi connectivity index (χ1n) is 9.36. The summed E-state index contributed by atoms with van der Waals surface area (Å²) in [6, 6.07) is 9.18. The molecule has 2 amide bonds. The Balaban J connectivity index is 0.00000240. The van der Waals surface area contributed by atoms with E-state index < -0.39 is 6.04 Å². The molecule has 0 aliphatic carbocycles. The van der Waals surface area contributed by atoms with Crippen molar-refractivity contribution in [2.75, 3.05) is 31.1 Å². The molecule has 152 valence electrons. The van der Waals surface area contributed by atoms with Gasteiger partial charge in [0.25, 0.3) is 5.56 Å². The van der Waals surface area contributed by atoms with Gasteiger partial charge >= 0.3 is 0 Å². The summed E-state index contributed by atoms with van der Waals surface area (Å²) in [5, 5.41) is 13.2. The van der Waals surface area contributed by atoms with Crippen molar-refractivity contribution in [2.45, 2.75) is 18.9 Å². The van der Waals surface area contributed by atoms with E-state index in [-0.39, 0.29) is 29.1 Å². The summed E-state index contributed by atoms with van der Waals surface area (Å²) in [5.41, 5.74) is 1.23. The molecule has 29 heavy (non-hydrogen) atoms. The summed E-state index contributed by atoms with van der Waals surface area (Å²) in [6.45, 7) is 2.02. The highest BCUT2D eigenvalue weighted by molar-refractivity contribution is 5.95. The molecule has 2 aromatic rings. The molecule has 9 nitrogen and oxygen atoms in total. The maximum absolute atomic E-state index is 12.7. The number of amides is 2. The Labute approximate surface area is 168 Å². The number of pyridine rings is 1. The molecule has 0 radical (unpaired) electrons. The Morgan fingerprint density at radius 3 is 2.48 bits per heavy atom. The molecule has 4 rings (SSSR count). The maximum atomic E-state index is 12.7. The molecular formula is C20H24N6O3. The van der Waals surface area contributed by atoms with Crippen molar-refractivity contribution in [3.8, 4) is 6.07 Å². The highest BCUT2D eigenvalue weighted by atomic mass is 16.2. The SMILES string of the molecule is Cn1c(=O)c(C#N)c(N2CCN(C(=O)C3CCC(=O)N3)CC2)c2ccccc21.N. The molecule has 1 aromatic carbocycles. The smallest absolute Gasteiger partial charge is 0.270 e. The first-order valence-corrected chi connectivity index (χ1v) is 9.36. The van der Waals surface area contributed by atoms with Gasteiger partial charge in [0.05, 0.1) is 11.2 Å². The number of hydrogen-bond acceptors (Lipinski definition) is 6. The lowest BCUT2D eigenvalue weighted by molar-refractivity contribution is -0.134. The molecular weight excluding hydrogens is 372 g/mol. The van der Waals surface area contributed by atoms with Gasteiger partial charge in [0.1, 0.15) is 17.7 Å². The van der Waals surface area contributed by atoms with E-state index in [9.17, 15) is 19.6 Å². The average Bonchev–Trinajstić information content (AvgIpc) is 3.16. The molecule has 0 bridgehead atoms. The zero-order chi connectivity index (χ0) is 19.8. The van der Waals surface area contributed by atoms with Crippen LogP contribution in [-0.2, 0) is 16.6 Å². The fourth-order valence-electron chi connectivity index (χ4n) is 4.08. The van der Waals surface area contributed by atoms with E-state index in [1.54, 1.807) is 11.9 Å². The molecule has 1 aromatic heterocycles. The monoisotopic (exact) mass is 396 g/mol. The molecule has 2 saturated heterocycles. The Kier molecular flexibility index (Phi) is 5.57. The summed E-state index contributed by atoms with van der Waals surface area (Å²) < 4.78 is 1.50. The summed E-state index contributed by atoms with van der Waals surface area (Å²) in [4.78, 5) is 40.4. The van der Waals surface area contributed by atoms with Crippen LogP contribution in [0, 0.1) is 11.3 Å². The van der Waals surface area contributed by atoms with Crippen LogP contribution < -0.4 is 21.9 Å². The third kappa shape index (κ3) is 3.43. The summed E-state index contributed by atoms with van der Waals surface area (Å²) in [6.07, 6.45) is 0.928. The van der Waals surface area contributed by atoms with Crippen molar-refractivity contribution in [3.05, 3.63) is 40.2 Å². The molecule has 2 aliphatic heterocycles.